The lowest BCUT2D eigenvalue weighted by Gasteiger charge is -2.33. The van der Waals surface area contributed by atoms with Crippen molar-refractivity contribution >= 4 is 13.5 Å². The molecule has 0 N–H and O–H groups in total. The number of hydrogen-bond donors (Lipinski definition) is 0. The number of fused-ring (bicyclic) bond motifs is 3. The first-order valence-corrected chi connectivity index (χ1v) is 9.47. The molecule has 0 aliphatic carbocycles. The number of amides is 1. The van der Waals surface area contributed by atoms with Crippen molar-refractivity contribution in [3.8, 4) is 5.75 Å². The summed E-state index contributed by atoms with van der Waals surface area (Å²) < 4.78 is 27.9. The largest absolute Gasteiger partial charge is 0.493 e. The van der Waals surface area contributed by atoms with Crippen molar-refractivity contribution < 1.29 is 28.0 Å². The maximum Gasteiger partial charge on any atom is 0.339 e. The van der Waals surface area contributed by atoms with Gasteiger partial charge in [-0.3, -0.25) is 14.2 Å². The van der Waals surface area contributed by atoms with E-state index in [0.717, 1.165) is 11.3 Å². The fraction of sp³-hybridized carbons (Fsp3) is 0.562. The minimum absolute atomic E-state index is 0.0270. The molecule has 2 heterocycles. The van der Waals surface area contributed by atoms with E-state index in [4.69, 9.17) is 18.6 Å². The van der Waals surface area contributed by atoms with E-state index in [9.17, 15) is 9.36 Å². The van der Waals surface area contributed by atoms with E-state index in [2.05, 4.69) is 0 Å². The van der Waals surface area contributed by atoms with Gasteiger partial charge in [-0.15, -0.1) is 0 Å². The molecule has 24 heavy (non-hydrogen) atoms. The Bertz CT molecular complexity index is 683. The van der Waals surface area contributed by atoms with Crippen LogP contribution in [0.15, 0.2) is 24.3 Å². The lowest BCUT2D eigenvalue weighted by Crippen LogP contribution is -2.37. The minimum Gasteiger partial charge on any atom is -0.493 e. The summed E-state index contributed by atoms with van der Waals surface area (Å²) >= 11 is 0. The van der Waals surface area contributed by atoms with Gasteiger partial charge in [0.2, 0.25) is 0 Å². The Balaban J connectivity index is 1.94. The Labute approximate surface area is 141 Å². The summed E-state index contributed by atoms with van der Waals surface area (Å²) in [5.74, 6) is 0.277. The first kappa shape index (κ1) is 17.4. The summed E-state index contributed by atoms with van der Waals surface area (Å²) in [4.78, 5) is 18.7. The molecule has 0 unspecified atom stereocenters. The van der Waals surface area contributed by atoms with Crippen LogP contribution in [0.5, 0.6) is 5.75 Å². The molecule has 0 spiro atoms. The van der Waals surface area contributed by atoms with Crippen LogP contribution < -0.4 is 4.74 Å². The molecule has 2 aliphatic rings. The van der Waals surface area contributed by atoms with E-state index in [1.807, 2.05) is 38.1 Å². The molecule has 2 atom stereocenters. The average molecular weight is 355 g/mol. The highest BCUT2D eigenvalue weighted by molar-refractivity contribution is 7.54. The lowest BCUT2D eigenvalue weighted by atomic mass is 9.81. The van der Waals surface area contributed by atoms with Crippen LogP contribution in [0.25, 0.3) is 0 Å². The molecule has 3 rings (SSSR count). The molecule has 1 aromatic carbocycles. The lowest BCUT2D eigenvalue weighted by molar-refractivity contribution is -0.202. The molecule has 2 aliphatic heterocycles. The van der Waals surface area contributed by atoms with Crippen molar-refractivity contribution in [3.05, 3.63) is 29.8 Å². The summed E-state index contributed by atoms with van der Waals surface area (Å²) in [5.41, 5.74) is 0.301. The first-order valence-electron chi connectivity index (χ1n) is 7.75. The predicted molar refractivity (Wildman–Crippen MR) is 86.7 cm³/mol. The topological polar surface area (TPSA) is 74.3 Å². The van der Waals surface area contributed by atoms with Crippen molar-refractivity contribution in [2.75, 3.05) is 27.0 Å². The Morgan fingerprint density at radius 1 is 1.33 bits per heavy atom. The summed E-state index contributed by atoms with van der Waals surface area (Å²) in [6, 6.07) is 7.28. The van der Waals surface area contributed by atoms with Gasteiger partial charge in [0.1, 0.15) is 11.9 Å². The Kier molecular flexibility index (Phi) is 4.47. The standard InChI is InChI=1S/C16H22NO6P/c1-16(2)12-9-22-13-8-6-5-7-11(13)15(12)17(23-16)14(18)10-24(19,20-3)21-4/h5-8,12,15H,9-10H2,1-4H3/t12-,15+/m0/s1. The second kappa shape index (κ2) is 6.15. The molecule has 1 aromatic rings. The molecule has 1 amide bonds. The number of carbonyl (C=O) groups is 1. The van der Waals surface area contributed by atoms with Gasteiger partial charge in [0.25, 0.3) is 5.91 Å². The van der Waals surface area contributed by atoms with Crippen LogP contribution in [-0.4, -0.2) is 43.6 Å². The van der Waals surface area contributed by atoms with E-state index in [1.54, 1.807) is 0 Å². The zero-order valence-corrected chi connectivity index (χ0v) is 15.1. The van der Waals surface area contributed by atoms with E-state index in [1.165, 1.54) is 19.3 Å². The van der Waals surface area contributed by atoms with Gasteiger partial charge in [0.15, 0.2) is 0 Å². The van der Waals surface area contributed by atoms with Crippen LogP contribution in [0.1, 0.15) is 25.5 Å². The molecular formula is C16H22NO6P. The number of carbonyl (C=O) groups excluding carboxylic acids is 1. The monoisotopic (exact) mass is 355 g/mol. The third kappa shape index (κ3) is 2.86. The highest BCUT2D eigenvalue weighted by Gasteiger charge is 2.54. The zero-order chi connectivity index (χ0) is 17.5. The van der Waals surface area contributed by atoms with Crippen molar-refractivity contribution in [3.63, 3.8) is 0 Å². The number of rotatable bonds is 4. The molecule has 7 nitrogen and oxygen atoms in total. The third-order valence-electron chi connectivity index (χ3n) is 4.65. The highest BCUT2D eigenvalue weighted by Crippen LogP contribution is 2.52. The van der Waals surface area contributed by atoms with Crippen LogP contribution in [0.2, 0.25) is 0 Å². The molecule has 0 aromatic heterocycles. The Hall–Kier alpha value is -1.40. The maximum absolute atomic E-state index is 12.8. The van der Waals surface area contributed by atoms with Crippen molar-refractivity contribution in [2.24, 2.45) is 5.92 Å². The minimum atomic E-state index is -3.47. The first-order chi connectivity index (χ1) is 11.3. The van der Waals surface area contributed by atoms with Gasteiger partial charge >= 0.3 is 7.60 Å². The Morgan fingerprint density at radius 3 is 2.67 bits per heavy atom. The molecule has 8 heteroatoms. The number of para-hydroxylation sites is 1. The number of benzene rings is 1. The van der Waals surface area contributed by atoms with Gasteiger partial charge in [-0.25, -0.2) is 5.06 Å². The van der Waals surface area contributed by atoms with Crippen LogP contribution >= 0.6 is 7.60 Å². The summed E-state index contributed by atoms with van der Waals surface area (Å²) in [6.45, 7) is 4.29. The summed E-state index contributed by atoms with van der Waals surface area (Å²) in [5, 5.41) is 1.32. The van der Waals surface area contributed by atoms with Crippen LogP contribution in [0, 0.1) is 5.92 Å². The molecule has 0 radical (unpaired) electrons. The molecule has 132 valence electrons. The normalized spacial score (nSPS) is 24.9. The third-order valence-corrected chi connectivity index (χ3v) is 6.42. The van der Waals surface area contributed by atoms with E-state index in [0.29, 0.717) is 6.61 Å². The molecule has 1 fully saturated rings. The van der Waals surface area contributed by atoms with E-state index in [-0.39, 0.29) is 18.1 Å². The van der Waals surface area contributed by atoms with E-state index < -0.39 is 19.1 Å². The summed E-state index contributed by atoms with van der Waals surface area (Å²) in [7, 11) is -0.940. The van der Waals surface area contributed by atoms with Crippen molar-refractivity contribution in [1.82, 2.24) is 5.06 Å². The number of hydrogen-bond acceptors (Lipinski definition) is 6. The quantitative estimate of drug-likeness (QED) is 0.773. The van der Waals surface area contributed by atoms with Gasteiger partial charge in [-0.2, -0.15) is 0 Å². The number of nitrogens with zero attached hydrogens (tertiary/aromatic N) is 1. The van der Waals surface area contributed by atoms with Crippen molar-refractivity contribution in [2.45, 2.75) is 25.5 Å². The second-order valence-electron chi connectivity index (χ2n) is 6.45. The maximum atomic E-state index is 12.8. The summed E-state index contributed by atoms with van der Waals surface area (Å²) in [6.07, 6.45) is -0.373. The predicted octanol–water partition coefficient (Wildman–Crippen LogP) is 2.77. The molecule has 1 saturated heterocycles. The second-order valence-corrected chi connectivity index (χ2v) is 8.72. The zero-order valence-electron chi connectivity index (χ0n) is 14.2. The average Bonchev–Trinajstić information content (AvgIpc) is 2.86. The SMILES string of the molecule is COP(=O)(CC(=O)N1OC(C)(C)[C@H]2COc3ccccc3[C@H]21)OC. The van der Waals surface area contributed by atoms with Gasteiger partial charge in [0, 0.05) is 19.8 Å². The Morgan fingerprint density at radius 2 is 2.00 bits per heavy atom. The van der Waals surface area contributed by atoms with Crippen molar-refractivity contribution in [1.29, 1.82) is 0 Å². The fourth-order valence-corrected chi connectivity index (χ4v) is 4.12. The van der Waals surface area contributed by atoms with E-state index >= 15 is 0 Å². The highest BCUT2D eigenvalue weighted by atomic mass is 31.2. The van der Waals surface area contributed by atoms with Gasteiger partial charge in [-0.05, 0) is 19.9 Å². The number of hydroxylamine groups is 2. The molecule has 0 bridgehead atoms. The van der Waals surface area contributed by atoms with Crippen LogP contribution in [0.4, 0.5) is 0 Å². The smallest absolute Gasteiger partial charge is 0.339 e. The fourth-order valence-electron chi connectivity index (χ4n) is 3.24. The number of ether oxygens (including phenoxy) is 1. The van der Waals surface area contributed by atoms with Crippen LogP contribution in [0.3, 0.4) is 0 Å². The van der Waals surface area contributed by atoms with Gasteiger partial charge in [0.05, 0.1) is 24.2 Å². The van der Waals surface area contributed by atoms with Gasteiger partial charge < -0.3 is 13.8 Å². The van der Waals surface area contributed by atoms with Crippen LogP contribution in [-0.2, 0) is 23.2 Å². The molecular weight excluding hydrogens is 333 g/mol. The molecule has 0 saturated carbocycles. The van der Waals surface area contributed by atoms with Gasteiger partial charge in [-0.1, -0.05) is 18.2 Å².